The normalized spacial score (nSPS) is 11.2. The summed E-state index contributed by atoms with van der Waals surface area (Å²) < 4.78 is 0. The van der Waals surface area contributed by atoms with E-state index in [1.807, 2.05) is 0 Å². The first-order valence-electron chi connectivity index (χ1n) is 17.3. The molecule has 0 aliphatic carbocycles. The van der Waals surface area contributed by atoms with Crippen LogP contribution in [-0.2, 0) is 0 Å². The Hall–Kier alpha value is -6.50. The molecule has 0 amide bonds. The van der Waals surface area contributed by atoms with Gasteiger partial charge in [-0.05, 0) is 107 Å². The maximum absolute atomic E-state index is 2.37. The van der Waals surface area contributed by atoms with Crippen molar-refractivity contribution in [3.05, 3.63) is 206 Å². The molecule has 0 heteroatoms. The first kappa shape index (κ1) is 29.6. The highest BCUT2D eigenvalue weighted by Crippen LogP contribution is 2.41. The SMILES string of the molecule is c1ccc(-c2ccc3c(-c4cccc(-c5ccc(-c6ccccc6)c6cc(-c7ccccc7)ccc56)c4)ccc(-c4ccccc4)c3c2)cc1. The van der Waals surface area contributed by atoms with Crippen LogP contribution in [0.15, 0.2) is 206 Å². The summed E-state index contributed by atoms with van der Waals surface area (Å²) in [5, 5.41) is 5.01. The summed E-state index contributed by atoms with van der Waals surface area (Å²) in [5.74, 6) is 0. The molecule has 0 aromatic heterocycles. The molecule has 9 aromatic rings. The van der Waals surface area contributed by atoms with Crippen LogP contribution >= 0.6 is 0 Å². The highest BCUT2D eigenvalue weighted by atomic mass is 14.2. The minimum absolute atomic E-state index is 1.21. The van der Waals surface area contributed by atoms with Crippen molar-refractivity contribution in [2.45, 2.75) is 0 Å². The van der Waals surface area contributed by atoms with E-state index in [-0.39, 0.29) is 0 Å². The molecule has 0 saturated carbocycles. The van der Waals surface area contributed by atoms with E-state index in [1.165, 1.54) is 88.3 Å². The lowest BCUT2D eigenvalue weighted by atomic mass is 9.87. The van der Waals surface area contributed by atoms with Crippen LogP contribution in [0.25, 0.3) is 88.3 Å². The number of hydrogen-bond acceptors (Lipinski definition) is 0. The minimum atomic E-state index is 1.21. The van der Waals surface area contributed by atoms with Gasteiger partial charge in [-0.25, -0.2) is 0 Å². The molecule has 0 aliphatic rings. The fraction of sp³-hybridized carbons (Fsp3) is 0. The van der Waals surface area contributed by atoms with Gasteiger partial charge in [0.2, 0.25) is 0 Å². The lowest BCUT2D eigenvalue weighted by Gasteiger charge is -2.16. The molecule has 0 atom stereocenters. The van der Waals surface area contributed by atoms with Gasteiger partial charge in [0.1, 0.15) is 0 Å². The van der Waals surface area contributed by atoms with E-state index in [4.69, 9.17) is 0 Å². The molecule has 9 rings (SSSR count). The predicted molar refractivity (Wildman–Crippen MR) is 214 cm³/mol. The molecule has 9 aromatic carbocycles. The number of fused-ring (bicyclic) bond motifs is 2. The summed E-state index contributed by atoms with van der Waals surface area (Å²) in [6, 6.07) is 74.9. The Kier molecular flexibility index (Phi) is 7.61. The van der Waals surface area contributed by atoms with Gasteiger partial charge < -0.3 is 0 Å². The standard InChI is InChI=1S/C50H34/c1-5-14-35(15-6-1)39-24-26-47-45(30-28-43(49(47)33-39)37-18-9-3-10-19-37)41-22-13-23-42(32-41)46-31-29-44(38-20-11-4-12-21-38)50-34-40(25-27-48(46)50)36-16-7-2-8-17-36/h1-34H. The Morgan fingerprint density at radius 2 is 0.480 bits per heavy atom. The zero-order chi connectivity index (χ0) is 33.3. The monoisotopic (exact) mass is 634 g/mol. The molecule has 0 N–H and O–H groups in total. The van der Waals surface area contributed by atoms with E-state index >= 15 is 0 Å². The zero-order valence-corrected chi connectivity index (χ0v) is 27.6. The summed E-state index contributed by atoms with van der Waals surface area (Å²) in [4.78, 5) is 0. The molecule has 50 heavy (non-hydrogen) atoms. The smallest absolute Gasteiger partial charge is 0.00930 e. The van der Waals surface area contributed by atoms with Crippen molar-refractivity contribution in [3.63, 3.8) is 0 Å². The van der Waals surface area contributed by atoms with Gasteiger partial charge in [-0.3, -0.25) is 0 Å². The van der Waals surface area contributed by atoms with Crippen LogP contribution in [0.2, 0.25) is 0 Å². The Morgan fingerprint density at radius 3 is 0.860 bits per heavy atom. The first-order chi connectivity index (χ1) is 24.8. The van der Waals surface area contributed by atoms with Gasteiger partial charge in [0.25, 0.3) is 0 Å². The Morgan fingerprint density at radius 1 is 0.160 bits per heavy atom. The van der Waals surface area contributed by atoms with Gasteiger partial charge in [-0.2, -0.15) is 0 Å². The molecule has 0 heterocycles. The molecule has 234 valence electrons. The Balaban J connectivity index is 1.21. The quantitative estimate of drug-likeness (QED) is 0.171. The van der Waals surface area contributed by atoms with E-state index in [1.54, 1.807) is 0 Å². The van der Waals surface area contributed by atoms with E-state index in [0.29, 0.717) is 0 Å². The molecule has 0 spiro atoms. The van der Waals surface area contributed by atoms with Gasteiger partial charge in [-0.1, -0.05) is 188 Å². The second-order valence-corrected chi connectivity index (χ2v) is 12.9. The average Bonchev–Trinajstić information content (AvgIpc) is 3.21. The second-order valence-electron chi connectivity index (χ2n) is 12.9. The fourth-order valence-corrected chi connectivity index (χ4v) is 7.41. The van der Waals surface area contributed by atoms with Crippen molar-refractivity contribution >= 4 is 21.5 Å². The summed E-state index contributed by atoms with van der Waals surface area (Å²) in [5.41, 5.74) is 14.7. The van der Waals surface area contributed by atoms with Gasteiger partial charge in [0.15, 0.2) is 0 Å². The molecule has 0 aliphatic heterocycles. The summed E-state index contributed by atoms with van der Waals surface area (Å²) >= 11 is 0. The highest BCUT2D eigenvalue weighted by molar-refractivity contribution is 6.09. The Labute approximate surface area is 293 Å². The van der Waals surface area contributed by atoms with E-state index in [9.17, 15) is 0 Å². The van der Waals surface area contributed by atoms with Gasteiger partial charge in [0, 0.05) is 0 Å². The van der Waals surface area contributed by atoms with Crippen molar-refractivity contribution < 1.29 is 0 Å². The molecule has 0 bridgehead atoms. The lowest BCUT2D eigenvalue weighted by Crippen LogP contribution is -1.90. The summed E-state index contributed by atoms with van der Waals surface area (Å²) in [6.07, 6.45) is 0. The van der Waals surface area contributed by atoms with E-state index < -0.39 is 0 Å². The topological polar surface area (TPSA) is 0 Å². The van der Waals surface area contributed by atoms with Crippen molar-refractivity contribution in [1.82, 2.24) is 0 Å². The molecule has 0 nitrogen and oxygen atoms in total. The van der Waals surface area contributed by atoms with Crippen LogP contribution in [-0.4, -0.2) is 0 Å². The zero-order valence-electron chi connectivity index (χ0n) is 27.6. The molecule has 0 saturated heterocycles. The van der Waals surface area contributed by atoms with Crippen LogP contribution < -0.4 is 0 Å². The number of benzene rings is 9. The highest BCUT2D eigenvalue weighted by Gasteiger charge is 2.15. The fourth-order valence-electron chi connectivity index (χ4n) is 7.41. The van der Waals surface area contributed by atoms with Crippen LogP contribution in [0.4, 0.5) is 0 Å². The third-order valence-electron chi connectivity index (χ3n) is 9.90. The van der Waals surface area contributed by atoms with Crippen molar-refractivity contribution in [1.29, 1.82) is 0 Å². The molecule has 0 radical (unpaired) electrons. The molecular formula is C50H34. The average molecular weight is 635 g/mol. The molecule has 0 fully saturated rings. The Bertz CT molecular complexity index is 2420. The maximum Gasteiger partial charge on any atom is -0.00930 e. The van der Waals surface area contributed by atoms with Crippen LogP contribution in [0.1, 0.15) is 0 Å². The summed E-state index contributed by atoms with van der Waals surface area (Å²) in [7, 11) is 0. The van der Waals surface area contributed by atoms with Gasteiger partial charge in [0.05, 0.1) is 0 Å². The molecule has 0 unspecified atom stereocenters. The van der Waals surface area contributed by atoms with Crippen molar-refractivity contribution in [2.75, 3.05) is 0 Å². The number of hydrogen-bond donors (Lipinski definition) is 0. The summed E-state index contributed by atoms with van der Waals surface area (Å²) in [6.45, 7) is 0. The van der Waals surface area contributed by atoms with E-state index in [0.717, 1.165) is 0 Å². The third kappa shape index (κ3) is 5.48. The van der Waals surface area contributed by atoms with Gasteiger partial charge in [-0.15, -0.1) is 0 Å². The van der Waals surface area contributed by atoms with E-state index in [2.05, 4.69) is 206 Å². The lowest BCUT2D eigenvalue weighted by molar-refractivity contribution is 1.59. The first-order valence-corrected chi connectivity index (χ1v) is 17.3. The van der Waals surface area contributed by atoms with Crippen LogP contribution in [0, 0.1) is 0 Å². The minimum Gasteiger partial charge on any atom is -0.0622 e. The third-order valence-corrected chi connectivity index (χ3v) is 9.90. The predicted octanol–water partition coefficient (Wildman–Crippen LogP) is 14.0. The maximum atomic E-state index is 2.37. The van der Waals surface area contributed by atoms with Crippen LogP contribution in [0.3, 0.4) is 0 Å². The largest absolute Gasteiger partial charge is 0.0622 e. The molecular weight excluding hydrogens is 601 g/mol. The number of rotatable bonds is 6. The van der Waals surface area contributed by atoms with Crippen molar-refractivity contribution in [2.24, 2.45) is 0 Å². The van der Waals surface area contributed by atoms with Crippen LogP contribution in [0.5, 0.6) is 0 Å². The van der Waals surface area contributed by atoms with Crippen molar-refractivity contribution in [3.8, 4) is 66.8 Å². The van der Waals surface area contributed by atoms with Gasteiger partial charge >= 0.3 is 0 Å². The second kappa shape index (κ2) is 12.8.